The number of hydrazine groups is 1. The molecule has 0 aliphatic carbocycles. The molecule has 0 saturated carbocycles. The Kier molecular flexibility index (Phi) is 8.80. The molecule has 214 valence electrons. The molecule has 41 heavy (non-hydrogen) atoms. The third kappa shape index (κ3) is 7.33. The van der Waals surface area contributed by atoms with Crippen LogP contribution >= 0.6 is 11.3 Å². The predicted molar refractivity (Wildman–Crippen MR) is 145 cm³/mol. The molecule has 0 spiro atoms. The van der Waals surface area contributed by atoms with Crippen LogP contribution in [0.5, 0.6) is 0 Å². The van der Waals surface area contributed by atoms with Gasteiger partial charge in [0.2, 0.25) is 0 Å². The zero-order valence-electron chi connectivity index (χ0n) is 21.4. The molecule has 2 heterocycles. The summed E-state index contributed by atoms with van der Waals surface area (Å²) in [5, 5.41) is 26.1. The minimum absolute atomic E-state index is 0.0149. The monoisotopic (exact) mass is 597 g/mol. The zero-order chi connectivity index (χ0) is 29.7. The molecule has 2 aromatic heterocycles. The average Bonchev–Trinajstić information content (AvgIpc) is 3.42. The van der Waals surface area contributed by atoms with Crippen molar-refractivity contribution in [3.63, 3.8) is 0 Å². The van der Waals surface area contributed by atoms with Crippen LogP contribution < -0.4 is 30.9 Å². The van der Waals surface area contributed by atoms with Gasteiger partial charge in [-0.1, -0.05) is 24.3 Å². The lowest BCUT2D eigenvalue weighted by Gasteiger charge is -2.24. The van der Waals surface area contributed by atoms with Crippen molar-refractivity contribution in [1.29, 1.82) is 0 Å². The Labute approximate surface area is 237 Å². The summed E-state index contributed by atoms with van der Waals surface area (Å²) in [4.78, 5) is 56.7. The number of benzene rings is 2. The van der Waals surface area contributed by atoms with Crippen LogP contribution in [0.1, 0.15) is 33.9 Å². The predicted octanol–water partition coefficient (Wildman–Crippen LogP) is -0.428. The molecule has 0 aliphatic heterocycles. The molecule has 4 rings (SSSR count). The summed E-state index contributed by atoms with van der Waals surface area (Å²) in [6, 6.07) is 13.7. The number of aromatic nitrogens is 2. The van der Waals surface area contributed by atoms with E-state index in [0.717, 1.165) is 11.3 Å². The van der Waals surface area contributed by atoms with Gasteiger partial charge in [0.15, 0.2) is 0 Å². The van der Waals surface area contributed by atoms with E-state index < -0.39 is 46.8 Å². The second-order valence-electron chi connectivity index (χ2n) is 8.89. The minimum Gasteiger partial charge on any atom is -0.550 e. The van der Waals surface area contributed by atoms with E-state index in [1.807, 2.05) is 0 Å². The number of carboxylic acid groups (broad SMARTS) is 2. The fourth-order valence-electron chi connectivity index (χ4n) is 3.87. The number of aryl methyl sites for hydroxylation is 1. The summed E-state index contributed by atoms with van der Waals surface area (Å²) in [5.74, 6) is -3.52. The van der Waals surface area contributed by atoms with Gasteiger partial charge in [0, 0.05) is 5.97 Å². The summed E-state index contributed by atoms with van der Waals surface area (Å²) in [6.45, 7) is 1.59. The number of thiophene rings is 1. The van der Waals surface area contributed by atoms with Gasteiger partial charge in [-0.05, 0) is 61.7 Å². The van der Waals surface area contributed by atoms with Gasteiger partial charge in [-0.25, -0.2) is 13.4 Å². The number of aromatic amines is 1. The number of nitrogens with zero attached hydrogens (tertiary/aromatic N) is 2. The molecule has 4 aromatic rings. The van der Waals surface area contributed by atoms with Gasteiger partial charge < -0.3 is 30.1 Å². The Morgan fingerprint density at radius 2 is 1.80 bits per heavy atom. The van der Waals surface area contributed by atoms with Crippen molar-refractivity contribution in [3.05, 3.63) is 87.3 Å². The molecule has 0 unspecified atom stereocenters. The Morgan fingerprint density at radius 1 is 1.07 bits per heavy atom. The van der Waals surface area contributed by atoms with E-state index in [2.05, 4.69) is 20.1 Å². The van der Waals surface area contributed by atoms with Gasteiger partial charge in [0.25, 0.3) is 21.5 Å². The maximum absolute atomic E-state index is 13.2. The van der Waals surface area contributed by atoms with Crippen LogP contribution in [0.15, 0.2) is 70.4 Å². The SMILES string of the molecule is Cc1nc2ccc(CN(NS(=O)(=O)c3ccccc3)c3ccc(C(=O)N[C@@H](CCC(=O)[O-])C(=O)[O-])s3)cc2c(=O)[nH]1. The lowest BCUT2D eigenvalue weighted by molar-refractivity contribution is -0.309. The Bertz CT molecular complexity index is 1770. The van der Waals surface area contributed by atoms with Gasteiger partial charge >= 0.3 is 0 Å². The molecule has 3 N–H and O–H groups in total. The quantitative estimate of drug-likeness (QED) is 0.180. The maximum atomic E-state index is 13.2. The van der Waals surface area contributed by atoms with Crippen LogP contribution in [-0.4, -0.2) is 42.3 Å². The van der Waals surface area contributed by atoms with Crippen LogP contribution in [0, 0.1) is 6.92 Å². The van der Waals surface area contributed by atoms with Crippen molar-refractivity contribution in [2.24, 2.45) is 0 Å². The highest BCUT2D eigenvalue weighted by atomic mass is 32.2. The summed E-state index contributed by atoms with van der Waals surface area (Å²) in [6.07, 6.45) is -1.04. The van der Waals surface area contributed by atoms with Crippen LogP contribution in [-0.2, 0) is 26.2 Å². The highest BCUT2D eigenvalue weighted by molar-refractivity contribution is 7.89. The van der Waals surface area contributed by atoms with E-state index >= 15 is 0 Å². The number of carboxylic acids is 2. The van der Waals surface area contributed by atoms with Crippen molar-refractivity contribution >= 4 is 55.1 Å². The van der Waals surface area contributed by atoms with Gasteiger partial charge in [-0.15, -0.1) is 16.2 Å². The van der Waals surface area contributed by atoms with Crippen molar-refractivity contribution in [2.45, 2.75) is 37.2 Å². The molecular formula is C26H23N5O8S2-2. The molecule has 0 radical (unpaired) electrons. The maximum Gasteiger partial charge on any atom is 0.261 e. The number of amides is 1. The lowest BCUT2D eigenvalue weighted by Crippen LogP contribution is -2.48. The van der Waals surface area contributed by atoms with E-state index in [0.29, 0.717) is 22.3 Å². The second kappa shape index (κ2) is 12.3. The highest BCUT2D eigenvalue weighted by Gasteiger charge is 2.23. The number of hydrogen-bond donors (Lipinski definition) is 3. The Morgan fingerprint density at radius 3 is 2.49 bits per heavy atom. The molecule has 15 heteroatoms. The minimum atomic E-state index is -4.09. The summed E-state index contributed by atoms with van der Waals surface area (Å²) >= 11 is 0.856. The van der Waals surface area contributed by atoms with Crippen LogP contribution in [0.3, 0.4) is 0 Å². The smallest absolute Gasteiger partial charge is 0.261 e. The number of hydrogen-bond acceptors (Lipinski definition) is 11. The topological polar surface area (TPSA) is 205 Å². The van der Waals surface area contributed by atoms with E-state index in [1.54, 1.807) is 43.3 Å². The first kappa shape index (κ1) is 29.4. The van der Waals surface area contributed by atoms with Crippen molar-refractivity contribution < 1.29 is 33.0 Å². The number of sulfonamides is 1. The van der Waals surface area contributed by atoms with Crippen LogP contribution in [0.4, 0.5) is 5.00 Å². The van der Waals surface area contributed by atoms with E-state index in [4.69, 9.17) is 0 Å². The number of H-pyrrole nitrogens is 1. The molecule has 0 saturated heterocycles. The second-order valence-corrected chi connectivity index (χ2v) is 11.6. The molecule has 13 nitrogen and oxygen atoms in total. The summed E-state index contributed by atoms with van der Waals surface area (Å²) < 4.78 is 26.4. The number of anilines is 1. The van der Waals surface area contributed by atoms with E-state index in [-0.39, 0.29) is 26.9 Å². The van der Waals surface area contributed by atoms with E-state index in [9.17, 15) is 37.8 Å². The van der Waals surface area contributed by atoms with E-state index in [1.165, 1.54) is 29.3 Å². The van der Waals surface area contributed by atoms with Gasteiger partial charge in [0.05, 0.1) is 39.2 Å². The third-order valence-corrected chi connectivity index (χ3v) is 8.28. The number of carbonyl (C=O) groups is 3. The molecule has 2 aromatic carbocycles. The number of rotatable bonds is 12. The standard InChI is InChI=1S/C26H25N5O8S2/c1-15-27-19-8-7-16(13-18(19)24(34)28-15)14-31(30-41(38,39)17-5-3-2-4-6-17)22-11-10-21(40-22)25(35)29-20(26(36)37)9-12-23(32)33/h2-8,10-11,13,20,30H,9,12,14H2,1H3,(H,29,35)(H,32,33)(H,36,37)(H,27,28,34)/p-2/t20-/m0/s1. The van der Waals surface area contributed by atoms with Gasteiger partial charge in [-0.3, -0.25) is 14.6 Å². The summed E-state index contributed by atoms with van der Waals surface area (Å²) in [7, 11) is -4.09. The summed E-state index contributed by atoms with van der Waals surface area (Å²) in [5.41, 5.74) is 0.646. The number of fused-ring (bicyclic) bond motifs is 1. The van der Waals surface area contributed by atoms with Crippen LogP contribution in [0.25, 0.3) is 10.9 Å². The molecule has 1 atom stereocenters. The fourth-order valence-corrected chi connectivity index (χ4v) is 5.87. The molecular weight excluding hydrogens is 574 g/mol. The van der Waals surface area contributed by atoms with Crippen LogP contribution in [0.2, 0.25) is 0 Å². The van der Waals surface area contributed by atoms with Gasteiger partial charge in [-0.2, -0.15) is 0 Å². The fraction of sp³-hybridized carbons (Fsp3) is 0.192. The number of aliphatic carboxylic acids is 2. The largest absolute Gasteiger partial charge is 0.550 e. The molecule has 0 bridgehead atoms. The average molecular weight is 598 g/mol. The first-order chi connectivity index (χ1) is 19.4. The Balaban J connectivity index is 1.65. The Hall–Kier alpha value is -4.60. The number of carbonyl (C=O) groups excluding carboxylic acids is 3. The lowest BCUT2D eigenvalue weighted by atomic mass is 10.1. The first-order valence-corrected chi connectivity index (χ1v) is 14.4. The van der Waals surface area contributed by atoms with Crippen molar-refractivity contribution in [1.82, 2.24) is 20.1 Å². The first-order valence-electron chi connectivity index (χ1n) is 12.1. The normalized spacial score (nSPS) is 12.1. The van der Waals surface area contributed by atoms with Crippen molar-refractivity contribution in [2.75, 3.05) is 5.01 Å². The molecule has 0 fully saturated rings. The zero-order valence-corrected chi connectivity index (χ0v) is 23.1. The molecule has 0 aliphatic rings. The van der Waals surface area contributed by atoms with Gasteiger partial charge in [0.1, 0.15) is 10.8 Å². The third-order valence-electron chi connectivity index (χ3n) is 5.82. The molecule has 1 amide bonds. The van der Waals surface area contributed by atoms with Crippen molar-refractivity contribution in [3.8, 4) is 0 Å². The highest BCUT2D eigenvalue weighted by Crippen LogP contribution is 2.28. The number of nitrogens with one attached hydrogen (secondary N) is 3.